The quantitative estimate of drug-likeness (QED) is 0.0237. The van der Waals surface area contributed by atoms with Crippen LogP contribution in [0.1, 0.15) is 111 Å². The zero-order valence-electron chi connectivity index (χ0n) is 52.9. The number of hydrogen-bond donors (Lipinski definition) is 18. The molecule has 0 spiro atoms. The van der Waals surface area contributed by atoms with Crippen LogP contribution in [0.5, 0.6) is 0 Å². The molecule has 2 aliphatic rings. The highest BCUT2D eigenvalue weighted by molar-refractivity contribution is 6.03. The summed E-state index contributed by atoms with van der Waals surface area (Å²) in [4.78, 5) is 23.6. The van der Waals surface area contributed by atoms with Gasteiger partial charge in [0.05, 0.1) is 85.5 Å². The average Bonchev–Trinajstić information content (AvgIpc) is 1.48. The van der Waals surface area contributed by atoms with Gasteiger partial charge in [-0.25, -0.2) is 0 Å². The molecule has 22 heteroatoms. The Hall–Kier alpha value is -5.42. The van der Waals surface area contributed by atoms with Crippen molar-refractivity contribution in [3.05, 3.63) is 169 Å². The third kappa shape index (κ3) is 35.4. The van der Waals surface area contributed by atoms with Gasteiger partial charge in [-0.2, -0.15) is 0 Å². The van der Waals surface area contributed by atoms with E-state index in [1.165, 1.54) is 37.3 Å². The monoisotopic (exact) mass is 1280 g/mol. The van der Waals surface area contributed by atoms with Gasteiger partial charge in [0.15, 0.2) is 12.1 Å². The summed E-state index contributed by atoms with van der Waals surface area (Å²) in [5.74, 6) is -2.34. The van der Waals surface area contributed by atoms with E-state index >= 15 is 0 Å². The predicted molar refractivity (Wildman–Crippen MR) is 348 cm³/mol. The number of nitrogens with one attached hydrogen (secondary N) is 1. The fourth-order valence-electron chi connectivity index (χ4n) is 9.75. The number of amides is 1. The smallest absolute Gasteiger partial charge is 0.248 e. The van der Waals surface area contributed by atoms with Crippen molar-refractivity contribution in [2.45, 2.75) is 221 Å². The summed E-state index contributed by atoms with van der Waals surface area (Å²) in [6, 6.07) is 0. The lowest BCUT2D eigenvalue weighted by molar-refractivity contribution is -0.309. The molecule has 0 radical (unpaired) electrons. The first-order valence-electron chi connectivity index (χ1n) is 31.4. The number of aliphatic hydroxyl groups is 16. The second-order valence-electron chi connectivity index (χ2n) is 23.5. The minimum atomic E-state index is -1.62. The normalized spacial score (nSPS) is 24.7. The second kappa shape index (κ2) is 46.6. The molecule has 0 aromatic rings. The van der Waals surface area contributed by atoms with Crippen LogP contribution >= 0.6 is 0 Å². The maximum Gasteiger partial charge on any atom is 0.248 e. The van der Waals surface area contributed by atoms with Gasteiger partial charge in [0.2, 0.25) is 5.91 Å². The summed E-state index contributed by atoms with van der Waals surface area (Å²) in [6.45, 7) is 7.08. The van der Waals surface area contributed by atoms with Crippen LogP contribution in [0.2, 0.25) is 0 Å². The molecule has 91 heavy (non-hydrogen) atoms. The molecule has 0 aromatic carbocycles. The number of aliphatic hydroxyl groups excluding tert-OH is 16. The van der Waals surface area contributed by atoms with E-state index in [4.69, 9.17) is 15.2 Å². The zero-order chi connectivity index (χ0) is 67.8. The SMILES string of the molecule is CC(/C=C/C=C/C=C/C=C/C=C/C=C/C(=O)NC1=C(O)CCC1=O)C(O)C(C)C(O)/C=C/C=C/C=C/C=C/C=C/CC(OC1OC(C)C(O)C(O)C1O)C(C)C(O)CC(O)CC(O)CC(O)/C=C/CC(O)CC(O)CC(O)CC(O)/C=C/CC(O)CC(O)CCN. The molecule has 19 N–H and O–H groups in total. The molecule has 1 saturated heterocycles. The molecule has 1 aliphatic heterocycles. The maximum absolute atomic E-state index is 11.9. The first-order valence-corrected chi connectivity index (χ1v) is 31.4. The number of ketones is 1. The molecule has 0 saturated carbocycles. The molecule has 21 unspecified atom stereocenters. The van der Waals surface area contributed by atoms with Crippen molar-refractivity contribution in [3.8, 4) is 0 Å². The number of nitrogens with two attached hydrogens (primary N) is 1. The average molecular weight is 1280 g/mol. The van der Waals surface area contributed by atoms with Crippen LogP contribution in [-0.4, -0.2) is 210 Å². The molecule has 1 amide bonds. The highest BCUT2D eigenvalue weighted by atomic mass is 16.7. The summed E-state index contributed by atoms with van der Waals surface area (Å²) in [5, 5.41) is 170. The Balaban J connectivity index is 1.83. The van der Waals surface area contributed by atoms with E-state index in [1.54, 1.807) is 105 Å². The van der Waals surface area contributed by atoms with Gasteiger partial charge < -0.3 is 102 Å². The second-order valence-corrected chi connectivity index (χ2v) is 23.5. The van der Waals surface area contributed by atoms with Crippen molar-refractivity contribution in [2.75, 3.05) is 6.54 Å². The first-order chi connectivity index (χ1) is 43.2. The van der Waals surface area contributed by atoms with E-state index in [0.717, 1.165) is 0 Å². The summed E-state index contributed by atoms with van der Waals surface area (Å²) >= 11 is 0. The summed E-state index contributed by atoms with van der Waals surface area (Å²) in [6.07, 6.45) is 23.9. The van der Waals surface area contributed by atoms with Crippen LogP contribution in [0.3, 0.4) is 0 Å². The van der Waals surface area contributed by atoms with Crippen LogP contribution in [-0.2, 0) is 19.1 Å². The van der Waals surface area contributed by atoms with Gasteiger partial charge in [0, 0.05) is 49.5 Å². The molecule has 2 rings (SSSR count). The highest BCUT2D eigenvalue weighted by Crippen LogP contribution is 2.29. The molecule has 1 fully saturated rings. The molecule has 21 atom stereocenters. The molecular formula is C69H106N2O20. The number of allylic oxidation sites excluding steroid dienone is 20. The third-order valence-electron chi connectivity index (χ3n) is 15.3. The largest absolute Gasteiger partial charge is 0.510 e. The van der Waals surface area contributed by atoms with Crippen molar-refractivity contribution in [1.29, 1.82) is 0 Å². The fourth-order valence-corrected chi connectivity index (χ4v) is 9.75. The molecule has 0 aromatic heterocycles. The maximum atomic E-state index is 11.9. The van der Waals surface area contributed by atoms with E-state index in [9.17, 15) is 91.3 Å². The van der Waals surface area contributed by atoms with Crippen LogP contribution in [0.15, 0.2) is 169 Å². The highest BCUT2D eigenvalue weighted by Gasteiger charge is 2.44. The van der Waals surface area contributed by atoms with Crippen molar-refractivity contribution in [1.82, 2.24) is 5.32 Å². The topological polar surface area (TPSA) is 414 Å². The Morgan fingerprint density at radius 2 is 1.00 bits per heavy atom. The number of hydrogen-bond acceptors (Lipinski definition) is 21. The van der Waals surface area contributed by atoms with Gasteiger partial charge in [-0.3, -0.25) is 9.59 Å². The number of rotatable bonds is 44. The van der Waals surface area contributed by atoms with Gasteiger partial charge in [0.25, 0.3) is 0 Å². The van der Waals surface area contributed by atoms with Crippen LogP contribution in [0, 0.1) is 17.8 Å². The summed E-state index contributed by atoms with van der Waals surface area (Å²) < 4.78 is 11.8. The van der Waals surface area contributed by atoms with Crippen LogP contribution < -0.4 is 11.1 Å². The third-order valence-corrected chi connectivity index (χ3v) is 15.3. The number of carbonyl (C=O) groups excluding carboxylic acids is 2. The van der Waals surface area contributed by atoms with E-state index in [0.29, 0.717) is 13.0 Å². The van der Waals surface area contributed by atoms with E-state index in [1.807, 2.05) is 43.4 Å². The van der Waals surface area contributed by atoms with Gasteiger partial charge in [0.1, 0.15) is 29.8 Å². The molecule has 512 valence electrons. The standard InChI is InChI=1S/C69H106N2O20/c1-45(26-20-16-12-8-5-6-11-15-19-23-33-63(85)71-64-59(82)34-35-60(64)83)65(86)47(3)58(81)31-21-17-13-9-7-10-14-18-22-32-62(91-69-68(89)67(88)66(87)48(4)90-69)46(2)61(84)44-57(80)43-56(79)41-52(75)30-25-29-51(74)40-55(78)42-54(77)39-50(73)28-24-27-49(72)38-53(76)36-37-70/h5-26,28,30-31,33,45-58,61-62,65-69,72-82,84,86-89H,27,29,32,34-44,70H2,1-4H3,(H,71,85)/b8-5+,9-7+,11-6+,14-10+,16-12+,17-13+,19-15+,22-18+,26-20+,28-24+,30-25+,31-21+,33-23+. The Morgan fingerprint density at radius 3 is 1.52 bits per heavy atom. The molecule has 1 aliphatic carbocycles. The fraction of sp³-hybridized carbons (Fsp3) is 0.565. The molecule has 1 heterocycles. The minimum absolute atomic E-state index is 0.0303. The van der Waals surface area contributed by atoms with Crippen LogP contribution in [0.25, 0.3) is 0 Å². The molecule has 0 bridgehead atoms. The van der Waals surface area contributed by atoms with Crippen molar-refractivity contribution in [2.24, 2.45) is 23.5 Å². The van der Waals surface area contributed by atoms with E-state index in [2.05, 4.69) is 5.32 Å². The Morgan fingerprint density at radius 1 is 0.538 bits per heavy atom. The molecular weight excluding hydrogens is 1180 g/mol. The van der Waals surface area contributed by atoms with E-state index in [-0.39, 0.29) is 100 Å². The lowest BCUT2D eigenvalue weighted by atomic mass is 9.89. The lowest BCUT2D eigenvalue weighted by Gasteiger charge is -2.41. The summed E-state index contributed by atoms with van der Waals surface area (Å²) in [7, 11) is 0. The van der Waals surface area contributed by atoms with Crippen LogP contribution in [0.4, 0.5) is 0 Å². The number of Topliss-reactive ketones (excluding diaryl/α,β-unsaturated/α-hetero) is 1. The van der Waals surface area contributed by atoms with Crippen molar-refractivity contribution < 1.29 is 101 Å². The zero-order valence-corrected chi connectivity index (χ0v) is 52.9. The summed E-state index contributed by atoms with van der Waals surface area (Å²) in [5.41, 5.74) is 5.35. The number of ether oxygens (including phenoxy) is 2. The van der Waals surface area contributed by atoms with Gasteiger partial charge in [-0.1, -0.05) is 173 Å². The van der Waals surface area contributed by atoms with Crippen molar-refractivity contribution >= 4 is 11.7 Å². The Bertz CT molecular complexity index is 2500. The number of carbonyl (C=O) groups is 2. The van der Waals surface area contributed by atoms with Gasteiger partial charge >= 0.3 is 0 Å². The van der Waals surface area contributed by atoms with Gasteiger partial charge in [-0.15, -0.1) is 0 Å². The predicted octanol–water partition coefficient (Wildman–Crippen LogP) is 3.17. The van der Waals surface area contributed by atoms with E-state index < -0.39 is 128 Å². The van der Waals surface area contributed by atoms with Crippen molar-refractivity contribution in [3.63, 3.8) is 0 Å². The lowest BCUT2D eigenvalue weighted by Crippen LogP contribution is -2.58. The molecule has 22 nitrogen and oxygen atoms in total. The first kappa shape index (κ1) is 81.7. The minimum Gasteiger partial charge on any atom is -0.510 e. The Labute approximate surface area is 536 Å². The van der Waals surface area contributed by atoms with Gasteiger partial charge in [-0.05, 0) is 71.3 Å². The Kier molecular flexibility index (Phi) is 41.8.